The van der Waals surface area contributed by atoms with Crippen LogP contribution < -0.4 is 4.74 Å². The molecule has 7 heteroatoms. The summed E-state index contributed by atoms with van der Waals surface area (Å²) in [5.41, 5.74) is 0. The summed E-state index contributed by atoms with van der Waals surface area (Å²) in [7, 11) is -2.39. The third-order valence-corrected chi connectivity index (χ3v) is 4.59. The first kappa shape index (κ1) is 12.8. The van der Waals surface area contributed by atoms with E-state index >= 15 is 0 Å². The Labute approximate surface area is 105 Å². The summed E-state index contributed by atoms with van der Waals surface area (Å²) in [6.45, 7) is 2.39. The van der Waals surface area contributed by atoms with Gasteiger partial charge in [-0.05, 0) is 19.1 Å². The van der Waals surface area contributed by atoms with Crippen LogP contribution in [0.4, 0.5) is 4.39 Å². The lowest BCUT2D eigenvalue weighted by Crippen LogP contribution is -2.32. The molecule has 1 aliphatic heterocycles. The van der Waals surface area contributed by atoms with Crippen molar-refractivity contribution >= 4 is 15.9 Å². The number of hydrogen-bond donors (Lipinski definition) is 0. The van der Waals surface area contributed by atoms with Crippen molar-refractivity contribution < 1.29 is 17.5 Å². The van der Waals surface area contributed by atoms with E-state index in [9.17, 15) is 12.8 Å². The quantitative estimate of drug-likeness (QED) is 0.832. The van der Waals surface area contributed by atoms with Crippen molar-refractivity contribution in [3.63, 3.8) is 0 Å². The van der Waals surface area contributed by atoms with Crippen molar-refractivity contribution in [3.05, 3.63) is 24.0 Å². The molecule has 0 saturated carbocycles. The van der Waals surface area contributed by atoms with E-state index in [0.717, 1.165) is 6.07 Å². The minimum Gasteiger partial charge on any atom is -0.494 e. The first-order valence-corrected chi connectivity index (χ1v) is 6.78. The predicted octanol–water partition coefficient (Wildman–Crippen LogP) is 1.26. The summed E-state index contributed by atoms with van der Waals surface area (Å²) in [6.07, 6.45) is 0. The lowest BCUT2D eigenvalue weighted by molar-refractivity contribution is 0.385. The zero-order chi connectivity index (χ0) is 13.3. The minimum atomic E-state index is -3.68. The van der Waals surface area contributed by atoms with Gasteiger partial charge in [-0.3, -0.25) is 9.30 Å². The average molecular weight is 272 g/mol. The van der Waals surface area contributed by atoms with Gasteiger partial charge in [0.2, 0.25) is 0 Å². The highest BCUT2D eigenvalue weighted by Gasteiger charge is 2.28. The molecule has 1 aliphatic rings. The van der Waals surface area contributed by atoms with E-state index in [1.54, 1.807) is 6.92 Å². The summed E-state index contributed by atoms with van der Waals surface area (Å²) in [4.78, 5) is 4.02. The first-order chi connectivity index (χ1) is 8.46. The molecule has 0 fully saturated rings. The van der Waals surface area contributed by atoms with Crippen molar-refractivity contribution in [1.82, 2.24) is 4.31 Å². The smallest absolute Gasteiger partial charge is 0.265 e. The molecule has 0 radical (unpaired) electrons. The lowest BCUT2D eigenvalue weighted by atomic mass is 10.3. The number of nitrogens with zero attached hydrogens (tertiary/aromatic N) is 2. The number of aliphatic imine (C=N–C) groups is 1. The highest BCUT2D eigenvalue weighted by molar-refractivity contribution is 7.89. The number of sulfonamides is 1. The summed E-state index contributed by atoms with van der Waals surface area (Å²) < 4.78 is 43.8. The van der Waals surface area contributed by atoms with E-state index in [1.807, 2.05) is 0 Å². The molecule has 0 atom stereocenters. The molecular weight excluding hydrogens is 259 g/mol. The molecule has 98 valence electrons. The van der Waals surface area contributed by atoms with Gasteiger partial charge in [-0.1, -0.05) is 0 Å². The fraction of sp³-hybridized carbons (Fsp3) is 0.364. The monoisotopic (exact) mass is 272 g/mol. The third-order valence-electron chi connectivity index (χ3n) is 2.72. The molecule has 0 spiro atoms. The molecule has 5 nitrogen and oxygen atoms in total. The third kappa shape index (κ3) is 2.05. The second-order valence-corrected chi connectivity index (χ2v) is 5.66. The van der Waals surface area contributed by atoms with Gasteiger partial charge in [-0.15, -0.1) is 0 Å². The van der Waals surface area contributed by atoms with Crippen LogP contribution in [0.5, 0.6) is 5.75 Å². The second kappa shape index (κ2) is 4.56. The minimum absolute atomic E-state index is 0.00259. The van der Waals surface area contributed by atoms with Gasteiger partial charge < -0.3 is 4.74 Å². The summed E-state index contributed by atoms with van der Waals surface area (Å²) in [6, 6.07) is 3.48. The van der Waals surface area contributed by atoms with Crippen LogP contribution in [0.2, 0.25) is 0 Å². The highest BCUT2D eigenvalue weighted by atomic mass is 32.2. The van der Waals surface area contributed by atoms with Crippen LogP contribution in [0.3, 0.4) is 0 Å². The molecule has 18 heavy (non-hydrogen) atoms. The summed E-state index contributed by atoms with van der Waals surface area (Å²) >= 11 is 0. The molecule has 0 bridgehead atoms. The van der Waals surface area contributed by atoms with E-state index in [0.29, 0.717) is 18.9 Å². The molecule has 0 aromatic heterocycles. The summed E-state index contributed by atoms with van der Waals surface area (Å²) in [5.74, 6) is -0.244. The topological polar surface area (TPSA) is 59.0 Å². The van der Waals surface area contributed by atoms with Crippen LogP contribution >= 0.6 is 0 Å². The van der Waals surface area contributed by atoms with Gasteiger partial charge in [-0.25, -0.2) is 12.8 Å². The van der Waals surface area contributed by atoms with Crippen molar-refractivity contribution in [3.8, 4) is 5.75 Å². The maximum atomic E-state index is 13.3. The fourth-order valence-corrected chi connectivity index (χ4v) is 3.24. The van der Waals surface area contributed by atoms with E-state index in [1.165, 1.54) is 23.5 Å². The van der Waals surface area contributed by atoms with Gasteiger partial charge in [0.05, 0.1) is 25.1 Å². The maximum Gasteiger partial charge on any atom is 0.265 e. The van der Waals surface area contributed by atoms with E-state index in [-0.39, 0.29) is 10.6 Å². The molecule has 0 N–H and O–H groups in total. The van der Waals surface area contributed by atoms with Crippen LogP contribution in [0.1, 0.15) is 6.92 Å². The molecule has 0 amide bonds. The molecule has 1 heterocycles. The van der Waals surface area contributed by atoms with E-state index in [4.69, 9.17) is 4.74 Å². The van der Waals surface area contributed by atoms with Gasteiger partial charge in [0, 0.05) is 6.07 Å². The number of rotatable bonds is 3. The SMILES string of the molecule is COc1cc(S(=O)(=O)N2CCN=C2C)ccc1F. The first-order valence-electron chi connectivity index (χ1n) is 5.34. The number of amidine groups is 1. The lowest BCUT2D eigenvalue weighted by Gasteiger charge is -2.18. The van der Waals surface area contributed by atoms with Crippen LogP contribution in [-0.4, -0.2) is 38.8 Å². The van der Waals surface area contributed by atoms with Gasteiger partial charge in [0.25, 0.3) is 10.0 Å². The average Bonchev–Trinajstić information content (AvgIpc) is 2.76. The maximum absolute atomic E-state index is 13.3. The molecule has 0 unspecified atom stereocenters. The Morgan fingerprint density at radius 1 is 1.44 bits per heavy atom. The molecule has 1 aromatic carbocycles. The molecule has 1 aromatic rings. The molecular formula is C11H13FN2O3S. The molecule has 0 aliphatic carbocycles. The van der Waals surface area contributed by atoms with E-state index < -0.39 is 15.8 Å². The normalized spacial score (nSPS) is 15.7. The van der Waals surface area contributed by atoms with Gasteiger partial charge in [-0.2, -0.15) is 0 Å². The van der Waals surface area contributed by atoms with Crippen LogP contribution in [0.25, 0.3) is 0 Å². The molecule has 0 saturated heterocycles. The van der Waals surface area contributed by atoms with Gasteiger partial charge >= 0.3 is 0 Å². The zero-order valence-electron chi connectivity index (χ0n) is 10.1. The largest absolute Gasteiger partial charge is 0.494 e. The van der Waals surface area contributed by atoms with Crippen molar-refractivity contribution in [2.24, 2.45) is 4.99 Å². The van der Waals surface area contributed by atoms with Crippen molar-refractivity contribution in [1.29, 1.82) is 0 Å². The van der Waals surface area contributed by atoms with Gasteiger partial charge in [0.1, 0.15) is 5.84 Å². The number of methoxy groups -OCH3 is 1. The Bertz CT molecular complexity index is 598. The van der Waals surface area contributed by atoms with E-state index in [2.05, 4.69) is 4.99 Å². The number of ether oxygens (including phenoxy) is 1. The standard InChI is InChI=1S/C11H13FN2O3S/c1-8-13-5-6-14(8)18(15,16)9-3-4-10(12)11(7-9)17-2/h3-4,7H,5-6H2,1-2H3. The molecule has 2 rings (SSSR count). The Balaban J connectivity index is 2.45. The summed E-state index contributed by atoms with van der Waals surface area (Å²) in [5, 5.41) is 0. The number of halogens is 1. The Morgan fingerprint density at radius 3 is 2.72 bits per heavy atom. The Hall–Kier alpha value is -1.63. The predicted molar refractivity (Wildman–Crippen MR) is 64.8 cm³/mol. The van der Waals surface area contributed by atoms with Gasteiger partial charge in [0.15, 0.2) is 11.6 Å². The second-order valence-electron chi connectivity index (χ2n) is 3.80. The number of hydrogen-bond acceptors (Lipinski definition) is 4. The van der Waals surface area contributed by atoms with Crippen LogP contribution in [0.15, 0.2) is 28.1 Å². The number of benzene rings is 1. The van der Waals surface area contributed by atoms with Crippen molar-refractivity contribution in [2.45, 2.75) is 11.8 Å². The Kier molecular flexibility index (Phi) is 3.25. The fourth-order valence-electron chi connectivity index (χ4n) is 1.77. The van der Waals surface area contributed by atoms with Crippen LogP contribution in [-0.2, 0) is 10.0 Å². The zero-order valence-corrected chi connectivity index (χ0v) is 10.9. The van der Waals surface area contributed by atoms with Crippen LogP contribution in [0, 0.1) is 5.82 Å². The Morgan fingerprint density at radius 2 is 2.17 bits per heavy atom. The highest BCUT2D eigenvalue weighted by Crippen LogP contribution is 2.25. The van der Waals surface area contributed by atoms with Crippen molar-refractivity contribution in [2.75, 3.05) is 20.2 Å².